The van der Waals surface area contributed by atoms with Crippen molar-refractivity contribution in [1.82, 2.24) is 15.6 Å². The molecule has 34 heavy (non-hydrogen) atoms. The summed E-state index contributed by atoms with van der Waals surface area (Å²) in [7, 11) is 0. The van der Waals surface area contributed by atoms with Crippen LogP contribution in [0.3, 0.4) is 0 Å². The molecular weight excluding hydrogens is 450 g/mol. The first-order chi connectivity index (χ1) is 16.2. The van der Waals surface area contributed by atoms with Crippen LogP contribution in [0.5, 0.6) is 0 Å². The highest BCUT2D eigenvalue weighted by Crippen LogP contribution is 2.36. The highest BCUT2D eigenvalue weighted by molar-refractivity contribution is 7.10. The smallest absolute Gasteiger partial charge is 0.339 e. The van der Waals surface area contributed by atoms with E-state index in [1.165, 1.54) is 0 Å². The highest BCUT2D eigenvalue weighted by atomic mass is 32.1. The number of carbonyl (C=O) groups excluding carboxylic acids is 3. The number of amides is 3. The minimum Gasteiger partial charge on any atom is -0.452 e. The Balaban J connectivity index is 1.61. The Morgan fingerprint density at radius 3 is 2.65 bits per heavy atom. The second-order valence-corrected chi connectivity index (χ2v) is 10.2. The molecule has 176 valence electrons. The summed E-state index contributed by atoms with van der Waals surface area (Å²) in [6.45, 7) is 4.85. The molecule has 0 bridgehead atoms. The predicted octanol–water partition coefficient (Wildman–Crippen LogP) is 4.95. The summed E-state index contributed by atoms with van der Waals surface area (Å²) in [5.74, 6) is -1.29. The van der Waals surface area contributed by atoms with Crippen molar-refractivity contribution in [3.8, 4) is 0 Å². The molecule has 1 aromatic carbocycles. The lowest BCUT2D eigenvalue weighted by Crippen LogP contribution is -2.49. The highest BCUT2D eigenvalue weighted by Gasteiger charge is 2.26. The summed E-state index contributed by atoms with van der Waals surface area (Å²) >= 11 is 1.65. The normalized spacial score (nSPS) is 14.5. The van der Waals surface area contributed by atoms with Crippen molar-refractivity contribution in [3.05, 3.63) is 63.5 Å². The van der Waals surface area contributed by atoms with Crippen molar-refractivity contribution in [1.29, 1.82) is 0 Å². The molecular formula is C26H27N3O4S. The third-order valence-corrected chi connectivity index (χ3v) is 6.13. The zero-order chi connectivity index (χ0) is 24.3. The van der Waals surface area contributed by atoms with Gasteiger partial charge in [0.2, 0.25) is 0 Å². The van der Waals surface area contributed by atoms with Gasteiger partial charge in [-0.15, -0.1) is 11.3 Å². The SMILES string of the molecule is CC(C)(C)NC(=O)NC(=O)COC(=O)c1c2c(nc3ccccc13)C(=Cc1cccs1)CCC2. The molecule has 0 spiro atoms. The lowest BCUT2D eigenvalue weighted by atomic mass is 9.86. The van der Waals surface area contributed by atoms with Gasteiger partial charge in [-0.1, -0.05) is 24.3 Å². The molecule has 4 rings (SSSR count). The van der Waals surface area contributed by atoms with Crippen LogP contribution in [-0.2, 0) is 16.0 Å². The Morgan fingerprint density at radius 1 is 1.12 bits per heavy atom. The molecule has 0 saturated carbocycles. The monoisotopic (exact) mass is 477 g/mol. The number of urea groups is 1. The standard InChI is InChI=1S/C26H27N3O4S/c1-26(2,3)29-25(32)28-21(30)15-33-24(31)22-18-10-4-5-12-20(18)27-23-16(8-6-11-19(22)23)14-17-9-7-13-34-17/h4-5,7,9-10,12-14H,6,8,11,15H2,1-3H3,(H2,28,29,30,32). The van der Waals surface area contributed by atoms with Crippen molar-refractivity contribution in [2.45, 2.75) is 45.6 Å². The van der Waals surface area contributed by atoms with E-state index in [0.29, 0.717) is 22.9 Å². The van der Waals surface area contributed by atoms with Crippen LogP contribution >= 0.6 is 11.3 Å². The number of nitrogens with one attached hydrogen (secondary N) is 2. The first-order valence-electron chi connectivity index (χ1n) is 11.2. The molecule has 0 radical (unpaired) electrons. The third-order valence-electron chi connectivity index (χ3n) is 5.31. The van der Waals surface area contributed by atoms with Gasteiger partial charge in [0.1, 0.15) is 0 Å². The van der Waals surface area contributed by atoms with Gasteiger partial charge in [0, 0.05) is 15.8 Å². The number of carbonyl (C=O) groups is 3. The molecule has 0 fully saturated rings. The van der Waals surface area contributed by atoms with Crippen LogP contribution in [0.2, 0.25) is 0 Å². The van der Waals surface area contributed by atoms with Gasteiger partial charge in [0.15, 0.2) is 6.61 Å². The lowest BCUT2D eigenvalue weighted by molar-refractivity contribution is -0.123. The summed E-state index contributed by atoms with van der Waals surface area (Å²) < 4.78 is 5.36. The molecule has 2 heterocycles. The van der Waals surface area contributed by atoms with E-state index in [2.05, 4.69) is 22.8 Å². The van der Waals surface area contributed by atoms with Gasteiger partial charge in [-0.25, -0.2) is 14.6 Å². The number of hydrogen-bond donors (Lipinski definition) is 2. The summed E-state index contributed by atoms with van der Waals surface area (Å²) in [6, 6.07) is 10.9. The van der Waals surface area contributed by atoms with Crippen LogP contribution in [0.15, 0.2) is 41.8 Å². The largest absolute Gasteiger partial charge is 0.452 e. The van der Waals surface area contributed by atoms with E-state index in [0.717, 1.165) is 34.5 Å². The minimum atomic E-state index is -0.694. The molecule has 7 nitrogen and oxygen atoms in total. The van der Waals surface area contributed by atoms with Crippen molar-refractivity contribution < 1.29 is 19.1 Å². The number of ether oxygens (including phenoxy) is 1. The molecule has 0 atom stereocenters. The molecule has 1 aliphatic rings. The molecule has 0 saturated heterocycles. The molecule has 0 aliphatic heterocycles. The second kappa shape index (κ2) is 9.77. The van der Waals surface area contributed by atoms with Crippen molar-refractivity contribution >= 4 is 51.8 Å². The van der Waals surface area contributed by atoms with E-state index < -0.39 is 30.1 Å². The predicted molar refractivity (Wildman–Crippen MR) is 134 cm³/mol. The van der Waals surface area contributed by atoms with Gasteiger partial charge in [0.25, 0.3) is 5.91 Å². The van der Waals surface area contributed by atoms with Gasteiger partial charge in [-0.2, -0.15) is 0 Å². The number of hydrogen-bond acceptors (Lipinski definition) is 6. The number of fused-ring (bicyclic) bond motifs is 2. The maximum atomic E-state index is 13.2. The Kier molecular flexibility index (Phi) is 6.79. The number of rotatable bonds is 4. The number of pyridine rings is 1. The van der Waals surface area contributed by atoms with Crippen LogP contribution in [0, 0.1) is 0 Å². The molecule has 8 heteroatoms. The topological polar surface area (TPSA) is 97.4 Å². The average molecular weight is 478 g/mol. The number of imide groups is 1. The van der Waals surface area contributed by atoms with E-state index in [9.17, 15) is 14.4 Å². The fourth-order valence-corrected chi connectivity index (χ4v) is 4.67. The van der Waals surface area contributed by atoms with Crippen molar-refractivity contribution in [2.24, 2.45) is 0 Å². The number of para-hydroxylation sites is 1. The lowest BCUT2D eigenvalue weighted by Gasteiger charge is -2.22. The summed E-state index contributed by atoms with van der Waals surface area (Å²) in [4.78, 5) is 43.3. The second-order valence-electron chi connectivity index (χ2n) is 9.20. The number of thiophene rings is 1. The van der Waals surface area contributed by atoms with Crippen LogP contribution in [0.4, 0.5) is 4.79 Å². The first-order valence-corrected chi connectivity index (χ1v) is 12.0. The van der Waals surface area contributed by atoms with Gasteiger partial charge < -0.3 is 10.1 Å². The van der Waals surface area contributed by atoms with Crippen LogP contribution < -0.4 is 10.6 Å². The number of benzene rings is 1. The number of nitrogens with zero attached hydrogens (tertiary/aromatic N) is 1. The van der Waals surface area contributed by atoms with Crippen LogP contribution in [0.1, 0.15) is 60.1 Å². The molecule has 2 N–H and O–H groups in total. The van der Waals surface area contributed by atoms with Gasteiger partial charge in [0.05, 0.1) is 16.8 Å². The van der Waals surface area contributed by atoms with E-state index >= 15 is 0 Å². The van der Waals surface area contributed by atoms with Crippen molar-refractivity contribution in [3.63, 3.8) is 0 Å². The Labute approximate surface area is 202 Å². The Bertz CT molecular complexity index is 1270. The zero-order valence-corrected chi connectivity index (χ0v) is 20.3. The molecule has 2 aromatic heterocycles. The number of allylic oxidation sites excluding steroid dienone is 1. The Morgan fingerprint density at radius 2 is 1.91 bits per heavy atom. The minimum absolute atomic E-state index is 0.435. The maximum Gasteiger partial charge on any atom is 0.339 e. The zero-order valence-electron chi connectivity index (χ0n) is 19.4. The molecule has 3 aromatic rings. The first kappa shape index (κ1) is 23.6. The van der Waals surface area contributed by atoms with Crippen LogP contribution in [-0.4, -0.2) is 35.0 Å². The summed E-state index contributed by atoms with van der Waals surface area (Å²) in [5.41, 5.74) is 3.36. The van der Waals surface area contributed by atoms with E-state index in [1.807, 2.05) is 35.7 Å². The fraction of sp³-hybridized carbons (Fsp3) is 0.308. The van der Waals surface area contributed by atoms with Gasteiger partial charge in [-0.05, 0) is 74.8 Å². The summed E-state index contributed by atoms with van der Waals surface area (Å²) in [6.07, 6.45) is 4.58. The number of esters is 1. The molecule has 3 amide bonds. The molecule has 0 unspecified atom stereocenters. The third kappa shape index (κ3) is 5.51. The average Bonchev–Trinajstić information content (AvgIpc) is 3.28. The van der Waals surface area contributed by atoms with E-state index in [1.54, 1.807) is 32.1 Å². The molecule has 1 aliphatic carbocycles. The van der Waals surface area contributed by atoms with Crippen molar-refractivity contribution in [2.75, 3.05) is 6.61 Å². The fourth-order valence-electron chi connectivity index (χ4n) is 3.99. The number of aromatic nitrogens is 1. The Hall–Kier alpha value is -3.52. The van der Waals surface area contributed by atoms with Gasteiger partial charge in [-0.3, -0.25) is 10.1 Å². The van der Waals surface area contributed by atoms with E-state index in [4.69, 9.17) is 9.72 Å². The van der Waals surface area contributed by atoms with Crippen LogP contribution in [0.25, 0.3) is 22.6 Å². The summed E-state index contributed by atoms with van der Waals surface area (Å²) in [5, 5.41) is 7.54. The van der Waals surface area contributed by atoms with Gasteiger partial charge >= 0.3 is 12.0 Å². The maximum absolute atomic E-state index is 13.2. The quantitative estimate of drug-likeness (QED) is 0.518. The van der Waals surface area contributed by atoms with E-state index in [-0.39, 0.29) is 0 Å².